The lowest BCUT2D eigenvalue weighted by molar-refractivity contribution is -0.152. The summed E-state index contributed by atoms with van der Waals surface area (Å²) in [7, 11) is 0. The minimum Gasteiger partial charge on any atom is -0.481 e. The smallest absolute Gasteiger partial charge is 0.433 e. The Morgan fingerprint density at radius 1 is 1.16 bits per heavy atom. The van der Waals surface area contributed by atoms with Crippen LogP contribution in [0.25, 0.3) is 0 Å². The number of carbonyl (C=O) groups is 2. The van der Waals surface area contributed by atoms with Crippen molar-refractivity contribution < 1.29 is 27.9 Å². The first-order valence-corrected chi connectivity index (χ1v) is 13.5. The Morgan fingerprint density at radius 2 is 1.76 bits per heavy atom. The maximum Gasteiger partial charge on any atom is 0.433 e. The van der Waals surface area contributed by atoms with E-state index in [0.29, 0.717) is 35.0 Å². The van der Waals surface area contributed by atoms with Crippen molar-refractivity contribution in [2.75, 3.05) is 6.54 Å². The average Bonchev–Trinajstić information content (AvgIpc) is 3.47. The number of carboxylic acid groups (broad SMARTS) is 1. The van der Waals surface area contributed by atoms with Gasteiger partial charge >= 0.3 is 12.1 Å². The fraction of sp³-hybridized carbons (Fsp3) is 0.615. The van der Waals surface area contributed by atoms with Crippen LogP contribution in [0.15, 0.2) is 18.6 Å². The van der Waals surface area contributed by atoms with Gasteiger partial charge < -0.3 is 10.0 Å². The van der Waals surface area contributed by atoms with Gasteiger partial charge in [-0.2, -0.15) is 18.3 Å². The van der Waals surface area contributed by atoms with Crippen molar-refractivity contribution >= 4 is 35.1 Å². The first-order valence-electron chi connectivity index (χ1n) is 12.7. The van der Waals surface area contributed by atoms with E-state index >= 15 is 0 Å². The van der Waals surface area contributed by atoms with Crippen LogP contribution < -0.4 is 0 Å². The second-order valence-corrected chi connectivity index (χ2v) is 11.9. The van der Waals surface area contributed by atoms with Gasteiger partial charge in [-0.05, 0) is 62.8 Å². The Morgan fingerprint density at radius 3 is 2.29 bits per heavy atom. The number of amides is 1. The zero-order chi connectivity index (χ0) is 28.0. The minimum atomic E-state index is -4.82. The number of hydrogen-bond acceptors (Lipinski definition) is 4. The van der Waals surface area contributed by atoms with Gasteiger partial charge in [-0.1, -0.05) is 37.0 Å². The molecule has 1 saturated heterocycles. The summed E-state index contributed by atoms with van der Waals surface area (Å²) in [6, 6.07) is -1.05. The average molecular weight is 575 g/mol. The maximum atomic E-state index is 14.4. The largest absolute Gasteiger partial charge is 0.481 e. The normalized spacial score (nSPS) is 26.2. The van der Waals surface area contributed by atoms with Gasteiger partial charge in [0.05, 0.1) is 33.3 Å². The molecule has 208 valence electrons. The van der Waals surface area contributed by atoms with Crippen LogP contribution in [0.4, 0.5) is 13.2 Å². The molecule has 2 aliphatic rings. The third-order valence-electron chi connectivity index (χ3n) is 8.26. The molecule has 1 aliphatic heterocycles. The van der Waals surface area contributed by atoms with E-state index in [0.717, 1.165) is 10.9 Å². The molecule has 0 radical (unpaired) electrons. The van der Waals surface area contributed by atoms with Gasteiger partial charge in [-0.3, -0.25) is 19.3 Å². The summed E-state index contributed by atoms with van der Waals surface area (Å²) in [6.45, 7) is 5.96. The zero-order valence-corrected chi connectivity index (χ0v) is 22.9. The van der Waals surface area contributed by atoms with Crippen LogP contribution in [0.2, 0.25) is 10.0 Å². The summed E-state index contributed by atoms with van der Waals surface area (Å²) >= 11 is 12.6. The van der Waals surface area contributed by atoms with Gasteiger partial charge in [0.1, 0.15) is 0 Å². The highest BCUT2D eigenvalue weighted by Crippen LogP contribution is 2.44. The zero-order valence-electron chi connectivity index (χ0n) is 21.4. The Bertz CT molecular complexity index is 1190. The van der Waals surface area contributed by atoms with Crippen molar-refractivity contribution in [1.82, 2.24) is 19.7 Å². The summed E-state index contributed by atoms with van der Waals surface area (Å²) in [6.07, 6.45) is 0.886. The summed E-state index contributed by atoms with van der Waals surface area (Å²) in [5.74, 6) is -1.38. The summed E-state index contributed by atoms with van der Waals surface area (Å²) < 4.78 is 44.1. The predicted molar refractivity (Wildman–Crippen MR) is 136 cm³/mol. The standard InChI is InChI=1S/C26H31Cl2F3N4O3/c1-14(2)15-8-17(9-18-20(27)11-32-12-21(18)28)34(13-15)23(36)19-10-33-35(22(19)26(29,30)31)16-4-6-25(3,7-5-16)24(37)38/h10-12,14-17H,4-9,13H2,1-3H3,(H,37,38)/t15-,16-,17?,25-/m1/s1. The molecule has 0 spiro atoms. The number of carbonyl (C=O) groups excluding carboxylic acids is 1. The maximum absolute atomic E-state index is 14.4. The lowest BCUT2D eigenvalue weighted by atomic mass is 9.74. The molecule has 1 amide bonds. The molecule has 2 aromatic rings. The number of hydrogen-bond donors (Lipinski definition) is 1. The molecule has 12 heteroatoms. The number of likely N-dealkylation sites (tertiary alicyclic amines) is 1. The van der Waals surface area contributed by atoms with E-state index in [1.165, 1.54) is 17.3 Å². The molecule has 1 aliphatic carbocycles. The molecular formula is C26H31Cl2F3N4O3. The molecule has 1 N–H and O–H groups in total. The Kier molecular flexibility index (Phi) is 8.06. The first-order chi connectivity index (χ1) is 17.7. The van der Waals surface area contributed by atoms with E-state index in [-0.39, 0.29) is 37.5 Å². The number of aromatic nitrogens is 3. The van der Waals surface area contributed by atoms with E-state index in [4.69, 9.17) is 23.2 Å². The number of nitrogens with zero attached hydrogens (tertiary/aromatic N) is 4. The first kappa shape index (κ1) is 28.7. The number of rotatable bonds is 6. The minimum absolute atomic E-state index is 0.0970. The molecule has 0 aromatic carbocycles. The molecule has 1 unspecified atom stereocenters. The number of alkyl halides is 3. The molecule has 3 heterocycles. The number of pyridine rings is 1. The predicted octanol–water partition coefficient (Wildman–Crippen LogP) is 6.54. The van der Waals surface area contributed by atoms with Crippen molar-refractivity contribution in [2.24, 2.45) is 17.3 Å². The van der Waals surface area contributed by atoms with Crippen LogP contribution in [0.1, 0.15) is 80.5 Å². The highest BCUT2D eigenvalue weighted by molar-refractivity contribution is 6.35. The van der Waals surface area contributed by atoms with Gasteiger partial charge in [-0.15, -0.1) is 0 Å². The second kappa shape index (κ2) is 10.7. The monoisotopic (exact) mass is 574 g/mol. The van der Waals surface area contributed by atoms with Crippen LogP contribution in [-0.4, -0.2) is 49.2 Å². The third kappa shape index (κ3) is 5.52. The van der Waals surface area contributed by atoms with Crippen molar-refractivity contribution in [1.29, 1.82) is 0 Å². The summed E-state index contributed by atoms with van der Waals surface area (Å²) in [5.41, 5.74) is -1.96. The van der Waals surface area contributed by atoms with E-state index in [2.05, 4.69) is 10.1 Å². The Balaban J connectivity index is 1.66. The van der Waals surface area contributed by atoms with E-state index in [1.54, 1.807) is 6.92 Å². The third-order valence-corrected chi connectivity index (χ3v) is 8.91. The van der Waals surface area contributed by atoms with Crippen LogP contribution >= 0.6 is 23.2 Å². The van der Waals surface area contributed by atoms with Crippen LogP contribution in [0.5, 0.6) is 0 Å². The van der Waals surface area contributed by atoms with E-state index in [1.807, 2.05) is 13.8 Å². The molecule has 0 bridgehead atoms. The molecule has 38 heavy (non-hydrogen) atoms. The lowest BCUT2D eigenvalue weighted by Crippen LogP contribution is -2.38. The Hall–Kier alpha value is -2.33. The highest BCUT2D eigenvalue weighted by Gasteiger charge is 2.46. The topological polar surface area (TPSA) is 88.3 Å². The number of carboxylic acids is 1. The Labute approximate surface area is 229 Å². The number of aliphatic carboxylic acids is 1. The van der Waals surface area contributed by atoms with Crippen LogP contribution in [0.3, 0.4) is 0 Å². The SMILES string of the molecule is CC(C)[C@@H]1CC(Cc2c(Cl)cncc2Cl)N(C(=O)c2cnn([C@H]3CC[C@](C)(C(=O)O)CC3)c2C(F)(F)F)C1. The van der Waals surface area contributed by atoms with E-state index in [9.17, 15) is 27.9 Å². The van der Waals surface area contributed by atoms with Crippen molar-refractivity contribution in [3.63, 3.8) is 0 Å². The van der Waals surface area contributed by atoms with Crippen LogP contribution in [0, 0.1) is 17.3 Å². The molecular weight excluding hydrogens is 544 g/mol. The van der Waals surface area contributed by atoms with Gasteiger partial charge in [0, 0.05) is 25.0 Å². The molecule has 1 saturated carbocycles. The molecule has 2 fully saturated rings. The van der Waals surface area contributed by atoms with E-state index < -0.39 is 46.8 Å². The van der Waals surface area contributed by atoms with Gasteiger partial charge in [0.15, 0.2) is 5.69 Å². The van der Waals surface area contributed by atoms with Gasteiger partial charge in [0.25, 0.3) is 5.91 Å². The van der Waals surface area contributed by atoms with Crippen molar-refractivity contribution in [3.05, 3.63) is 45.5 Å². The molecule has 7 nitrogen and oxygen atoms in total. The fourth-order valence-electron chi connectivity index (χ4n) is 5.68. The lowest BCUT2D eigenvalue weighted by Gasteiger charge is -2.34. The van der Waals surface area contributed by atoms with Crippen molar-refractivity contribution in [2.45, 2.75) is 77.6 Å². The summed E-state index contributed by atoms with van der Waals surface area (Å²) in [4.78, 5) is 30.8. The van der Waals surface area contributed by atoms with Gasteiger partial charge in [0.2, 0.25) is 0 Å². The number of halogens is 5. The van der Waals surface area contributed by atoms with Crippen LogP contribution in [-0.2, 0) is 17.4 Å². The summed E-state index contributed by atoms with van der Waals surface area (Å²) in [5, 5.41) is 14.2. The second-order valence-electron chi connectivity index (χ2n) is 11.1. The highest BCUT2D eigenvalue weighted by atomic mass is 35.5. The molecule has 2 atom stereocenters. The van der Waals surface area contributed by atoms with Gasteiger partial charge in [-0.25, -0.2) is 0 Å². The fourth-order valence-corrected chi connectivity index (χ4v) is 6.20. The molecule has 2 aromatic heterocycles. The quantitative estimate of drug-likeness (QED) is 0.423. The van der Waals surface area contributed by atoms with Crippen molar-refractivity contribution in [3.8, 4) is 0 Å². The molecule has 4 rings (SSSR count).